The standard InChI is InChI=1S/C22H24BrN3O3S2/c1-14-10-15(2)13-26(12-14)31(28,29)18-7-4-16(5-8-18)21(27)24-22-25(3)19-9-6-17(23)11-20(19)30-22/h4-9,11,14-15H,10,12-13H2,1-3H3/t14-,15-/m1/s1. The number of fused-ring (bicyclic) bond motifs is 1. The maximum Gasteiger partial charge on any atom is 0.279 e. The number of rotatable bonds is 3. The maximum atomic E-state index is 13.0. The third-order valence-electron chi connectivity index (χ3n) is 5.54. The van der Waals surface area contributed by atoms with Gasteiger partial charge in [0, 0.05) is 30.2 Å². The minimum Gasteiger partial charge on any atom is -0.319 e. The molecule has 2 atom stereocenters. The molecule has 0 unspecified atom stereocenters. The van der Waals surface area contributed by atoms with Crippen molar-refractivity contribution in [3.63, 3.8) is 0 Å². The fourth-order valence-corrected chi connectivity index (χ4v) is 7.33. The molecule has 1 amide bonds. The average Bonchev–Trinajstić information content (AvgIpc) is 3.01. The number of nitrogens with zero attached hydrogens (tertiary/aromatic N) is 3. The van der Waals surface area contributed by atoms with Gasteiger partial charge in [0.25, 0.3) is 5.91 Å². The lowest BCUT2D eigenvalue weighted by atomic mass is 9.94. The first kappa shape index (κ1) is 22.4. The van der Waals surface area contributed by atoms with Gasteiger partial charge >= 0.3 is 0 Å². The van der Waals surface area contributed by atoms with E-state index in [1.54, 1.807) is 16.4 Å². The predicted octanol–water partition coefficient (Wildman–Crippen LogP) is 4.41. The number of carbonyl (C=O) groups is 1. The molecule has 0 radical (unpaired) electrons. The van der Waals surface area contributed by atoms with Crippen molar-refractivity contribution in [3.05, 3.63) is 57.3 Å². The molecule has 0 bridgehead atoms. The summed E-state index contributed by atoms with van der Waals surface area (Å²) < 4.78 is 31.5. The van der Waals surface area contributed by atoms with Crippen LogP contribution >= 0.6 is 27.3 Å². The van der Waals surface area contributed by atoms with Crippen molar-refractivity contribution >= 4 is 53.4 Å². The van der Waals surface area contributed by atoms with Crippen LogP contribution in [0.25, 0.3) is 10.2 Å². The lowest BCUT2D eigenvalue weighted by Crippen LogP contribution is -2.42. The van der Waals surface area contributed by atoms with Gasteiger partial charge in [-0.25, -0.2) is 8.42 Å². The number of carbonyl (C=O) groups excluding carboxylic acids is 1. The lowest BCUT2D eigenvalue weighted by Gasteiger charge is -2.34. The molecule has 2 heterocycles. The summed E-state index contributed by atoms with van der Waals surface area (Å²) in [4.78, 5) is 17.8. The summed E-state index contributed by atoms with van der Waals surface area (Å²) in [6.45, 7) is 5.21. The normalized spacial score (nSPS) is 21.0. The van der Waals surface area contributed by atoms with Crippen LogP contribution in [0.1, 0.15) is 30.6 Å². The van der Waals surface area contributed by atoms with Gasteiger partial charge in [-0.15, -0.1) is 0 Å². The first-order valence-corrected chi connectivity index (χ1v) is 13.1. The fourth-order valence-electron chi connectivity index (χ4n) is 4.09. The second kappa shape index (κ2) is 8.61. The molecule has 4 rings (SSSR count). The van der Waals surface area contributed by atoms with Crippen LogP contribution in [0.4, 0.5) is 0 Å². The topological polar surface area (TPSA) is 71.7 Å². The molecule has 6 nitrogen and oxygen atoms in total. The molecular formula is C22H24BrN3O3S2. The monoisotopic (exact) mass is 521 g/mol. The van der Waals surface area contributed by atoms with E-state index in [-0.39, 0.29) is 4.90 Å². The van der Waals surface area contributed by atoms with Crippen LogP contribution in [0.2, 0.25) is 0 Å². The molecular weight excluding hydrogens is 498 g/mol. The number of benzene rings is 2. The first-order valence-electron chi connectivity index (χ1n) is 10.1. The number of hydrogen-bond donors (Lipinski definition) is 0. The molecule has 164 valence electrons. The van der Waals surface area contributed by atoms with Gasteiger partial charge in [0.05, 0.1) is 15.1 Å². The zero-order chi connectivity index (χ0) is 22.3. The van der Waals surface area contributed by atoms with Crippen molar-refractivity contribution < 1.29 is 13.2 Å². The van der Waals surface area contributed by atoms with E-state index in [9.17, 15) is 13.2 Å². The van der Waals surface area contributed by atoms with Crippen LogP contribution < -0.4 is 4.80 Å². The van der Waals surface area contributed by atoms with Crippen molar-refractivity contribution in [3.8, 4) is 0 Å². The Morgan fingerprint density at radius 3 is 2.39 bits per heavy atom. The number of piperidine rings is 1. The van der Waals surface area contributed by atoms with Crippen molar-refractivity contribution in [2.45, 2.75) is 25.2 Å². The van der Waals surface area contributed by atoms with Gasteiger partial charge in [-0.3, -0.25) is 4.79 Å². The Kier molecular flexibility index (Phi) is 6.22. The molecule has 9 heteroatoms. The molecule has 1 fully saturated rings. The van der Waals surface area contributed by atoms with Gasteiger partial charge in [0.2, 0.25) is 10.0 Å². The number of hydrogen-bond acceptors (Lipinski definition) is 4. The van der Waals surface area contributed by atoms with Gasteiger partial charge in [-0.05, 0) is 60.7 Å². The summed E-state index contributed by atoms with van der Waals surface area (Å²) in [6, 6.07) is 12.0. The van der Waals surface area contributed by atoms with E-state index in [0.717, 1.165) is 21.1 Å². The van der Waals surface area contributed by atoms with E-state index in [1.165, 1.54) is 23.5 Å². The molecule has 1 aliphatic heterocycles. The summed E-state index contributed by atoms with van der Waals surface area (Å²) >= 11 is 4.89. The molecule has 1 saturated heterocycles. The van der Waals surface area contributed by atoms with E-state index < -0.39 is 15.9 Å². The van der Waals surface area contributed by atoms with Crippen molar-refractivity contribution in [2.24, 2.45) is 23.9 Å². The molecule has 0 aliphatic carbocycles. The zero-order valence-corrected chi connectivity index (χ0v) is 20.8. The van der Waals surface area contributed by atoms with Crippen molar-refractivity contribution in [1.29, 1.82) is 0 Å². The van der Waals surface area contributed by atoms with Gasteiger partial charge in [0.15, 0.2) is 4.80 Å². The number of thiazole rings is 1. The van der Waals surface area contributed by atoms with Gasteiger partial charge in [0.1, 0.15) is 0 Å². The average molecular weight is 522 g/mol. The second-order valence-electron chi connectivity index (χ2n) is 8.27. The summed E-state index contributed by atoms with van der Waals surface area (Å²) in [7, 11) is -1.70. The molecule has 2 aromatic carbocycles. The van der Waals surface area contributed by atoms with E-state index >= 15 is 0 Å². The van der Waals surface area contributed by atoms with Crippen LogP contribution in [-0.4, -0.2) is 36.3 Å². The Labute approximate surface area is 194 Å². The van der Waals surface area contributed by atoms with Crippen LogP contribution in [0.15, 0.2) is 56.8 Å². The highest BCUT2D eigenvalue weighted by Crippen LogP contribution is 2.27. The molecule has 0 saturated carbocycles. The first-order chi connectivity index (χ1) is 14.6. The summed E-state index contributed by atoms with van der Waals surface area (Å²) in [5.41, 5.74) is 1.35. The van der Waals surface area contributed by atoms with Crippen LogP contribution in [-0.2, 0) is 17.1 Å². The highest BCUT2D eigenvalue weighted by atomic mass is 79.9. The SMILES string of the molecule is C[C@@H]1C[C@@H](C)CN(S(=O)(=O)c2ccc(C(=O)N=c3sc4cc(Br)ccc4n3C)cc2)C1. The number of sulfonamides is 1. The van der Waals surface area contributed by atoms with Crippen molar-refractivity contribution in [2.75, 3.05) is 13.1 Å². The Morgan fingerprint density at radius 1 is 1.10 bits per heavy atom. The molecule has 0 N–H and O–H groups in total. The number of amides is 1. The predicted molar refractivity (Wildman–Crippen MR) is 127 cm³/mol. The fraction of sp³-hybridized carbons (Fsp3) is 0.364. The van der Waals surface area contributed by atoms with Gasteiger partial charge in [-0.1, -0.05) is 41.1 Å². The third kappa shape index (κ3) is 4.55. The molecule has 0 spiro atoms. The Balaban J connectivity index is 1.60. The quantitative estimate of drug-likeness (QED) is 0.512. The molecule has 1 aromatic heterocycles. The summed E-state index contributed by atoms with van der Waals surface area (Å²) in [5, 5.41) is 0. The highest BCUT2D eigenvalue weighted by Gasteiger charge is 2.31. The Morgan fingerprint density at radius 2 is 1.74 bits per heavy atom. The van der Waals surface area contributed by atoms with Crippen molar-refractivity contribution in [1.82, 2.24) is 8.87 Å². The molecule has 31 heavy (non-hydrogen) atoms. The number of aryl methyl sites for hydroxylation is 1. The van der Waals surface area contributed by atoms with Gasteiger partial charge < -0.3 is 4.57 Å². The highest BCUT2D eigenvalue weighted by molar-refractivity contribution is 9.10. The maximum absolute atomic E-state index is 13.0. The summed E-state index contributed by atoms with van der Waals surface area (Å²) in [6.07, 6.45) is 1.03. The molecule has 1 aliphatic rings. The number of aromatic nitrogens is 1. The largest absolute Gasteiger partial charge is 0.319 e. The number of halogens is 1. The lowest BCUT2D eigenvalue weighted by molar-refractivity contribution is 0.0998. The second-order valence-corrected chi connectivity index (χ2v) is 12.1. The van der Waals surface area contributed by atoms with E-state index in [4.69, 9.17) is 0 Å². The van der Waals surface area contributed by atoms with E-state index in [0.29, 0.717) is 35.3 Å². The Bertz CT molecular complexity index is 1300. The third-order valence-corrected chi connectivity index (χ3v) is 8.98. The minimum atomic E-state index is -3.57. The van der Waals surface area contributed by atoms with Crippen LogP contribution in [0.3, 0.4) is 0 Å². The molecule has 3 aromatic rings. The van der Waals surface area contributed by atoms with E-state index in [2.05, 4.69) is 34.8 Å². The van der Waals surface area contributed by atoms with E-state index in [1.807, 2.05) is 29.8 Å². The van der Waals surface area contributed by atoms with Gasteiger partial charge in [-0.2, -0.15) is 9.30 Å². The minimum absolute atomic E-state index is 0.211. The smallest absolute Gasteiger partial charge is 0.279 e. The van der Waals surface area contributed by atoms with Crippen LogP contribution in [0.5, 0.6) is 0 Å². The Hall–Kier alpha value is -1.81. The van der Waals surface area contributed by atoms with Crippen LogP contribution in [0, 0.1) is 11.8 Å². The zero-order valence-electron chi connectivity index (χ0n) is 17.6. The summed E-state index contributed by atoms with van der Waals surface area (Å²) in [5.74, 6) is 0.270.